The van der Waals surface area contributed by atoms with E-state index in [-0.39, 0.29) is 5.75 Å². The minimum absolute atomic E-state index is 0.186. The summed E-state index contributed by atoms with van der Waals surface area (Å²) in [5, 5.41) is 13.4. The highest BCUT2D eigenvalue weighted by Gasteiger charge is 2.31. The van der Waals surface area contributed by atoms with Gasteiger partial charge in [0.15, 0.2) is 11.5 Å². The van der Waals surface area contributed by atoms with Crippen molar-refractivity contribution in [2.45, 2.75) is 19.0 Å². The summed E-state index contributed by atoms with van der Waals surface area (Å²) in [7, 11) is 1.58. The monoisotopic (exact) mass is 282 g/mol. The van der Waals surface area contributed by atoms with Gasteiger partial charge in [-0.3, -0.25) is 0 Å². The highest BCUT2D eigenvalue weighted by atomic mass is 16.5. The Labute approximate surface area is 124 Å². The third kappa shape index (κ3) is 1.90. The number of aromatic hydroxyl groups is 1. The second kappa shape index (κ2) is 4.58. The molecule has 0 amide bonds. The molecule has 0 aromatic heterocycles. The van der Waals surface area contributed by atoms with E-state index in [0.29, 0.717) is 11.8 Å². The number of hydrogen-bond donors (Lipinski definition) is 2. The third-order valence-electron chi connectivity index (χ3n) is 4.47. The van der Waals surface area contributed by atoms with Crippen molar-refractivity contribution in [3.8, 4) is 11.5 Å². The number of rotatable bonds is 1. The molecular weight excluding hydrogens is 264 g/mol. The number of hydrogen-bond acceptors (Lipinski definition) is 4. The van der Waals surface area contributed by atoms with Crippen molar-refractivity contribution < 1.29 is 9.84 Å². The van der Waals surface area contributed by atoms with E-state index in [1.54, 1.807) is 13.2 Å². The van der Waals surface area contributed by atoms with Crippen LogP contribution in [0.4, 0.5) is 11.4 Å². The summed E-state index contributed by atoms with van der Waals surface area (Å²) in [6.45, 7) is 1.72. The number of benzene rings is 2. The van der Waals surface area contributed by atoms with E-state index in [2.05, 4.69) is 34.5 Å². The van der Waals surface area contributed by atoms with Crippen LogP contribution in [0.15, 0.2) is 36.4 Å². The van der Waals surface area contributed by atoms with Gasteiger partial charge >= 0.3 is 0 Å². The minimum atomic E-state index is 0.186. The number of anilines is 2. The van der Waals surface area contributed by atoms with Crippen LogP contribution in [0.1, 0.15) is 11.1 Å². The van der Waals surface area contributed by atoms with E-state index in [4.69, 9.17) is 4.74 Å². The molecule has 1 atom stereocenters. The average molecular weight is 282 g/mol. The first-order valence-electron chi connectivity index (χ1n) is 7.24. The fraction of sp³-hybridized carbons (Fsp3) is 0.294. The Balaban J connectivity index is 1.76. The first kappa shape index (κ1) is 12.4. The summed E-state index contributed by atoms with van der Waals surface area (Å²) in [6, 6.07) is 12.8. The van der Waals surface area contributed by atoms with Gasteiger partial charge in [-0.25, -0.2) is 0 Å². The smallest absolute Gasteiger partial charge is 0.160 e. The Bertz CT molecular complexity index is 699. The van der Waals surface area contributed by atoms with Crippen LogP contribution < -0.4 is 15.0 Å². The molecule has 4 nitrogen and oxygen atoms in total. The zero-order chi connectivity index (χ0) is 14.4. The number of ether oxygens (including phenoxy) is 1. The van der Waals surface area contributed by atoms with Crippen molar-refractivity contribution >= 4 is 11.4 Å². The Morgan fingerprint density at radius 2 is 2.10 bits per heavy atom. The average Bonchev–Trinajstić information content (AvgIpc) is 2.75. The van der Waals surface area contributed by atoms with Crippen LogP contribution in [0.3, 0.4) is 0 Å². The van der Waals surface area contributed by atoms with E-state index in [1.807, 2.05) is 6.07 Å². The Morgan fingerprint density at radius 3 is 2.95 bits per heavy atom. The van der Waals surface area contributed by atoms with Crippen LogP contribution in [0, 0.1) is 0 Å². The Hall–Kier alpha value is -2.36. The summed E-state index contributed by atoms with van der Waals surface area (Å²) in [6.07, 6.45) is 1.07. The SMILES string of the molecule is COc1cc2c(cc1O)NCC1Cc3ccccc3N1C2. The van der Waals surface area contributed by atoms with Crippen LogP contribution in [-0.2, 0) is 13.0 Å². The number of para-hydroxylation sites is 1. The molecule has 0 spiro atoms. The standard InChI is InChI=1S/C17H18N2O2/c1-21-17-7-12-10-19-13(9-18-14(12)8-16(17)20)6-11-4-2-3-5-15(11)19/h2-5,7-8,13,18,20H,6,9-10H2,1H3. The van der Waals surface area contributed by atoms with Crippen molar-refractivity contribution in [3.05, 3.63) is 47.5 Å². The molecule has 0 bridgehead atoms. The van der Waals surface area contributed by atoms with Crippen LogP contribution >= 0.6 is 0 Å². The van der Waals surface area contributed by atoms with Gasteiger partial charge in [-0.05, 0) is 29.7 Å². The molecule has 21 heavy (non-hydrogen) atoms. The van der Waals surface area contributed by atoms with Crippen molar-refractivity contribution in [2.24, 2.45) is 0 Å². The molecule has 0 fully saturated rings. The zero-order valence-electron chi connectivity index (χ0n) is 12.0. The van der Waals surface area contributed by atoms with Gasteiger partial charge in [0.05, 0.1) is 13.2 Å². The molecule has 0 radical (unpaired) electrons. The molecule has 2 aromatic rings. The summed E-state index contributed by atoms with van der Waals surface area (Å²) in [4.78, 5) is 2.45. The van der Waals surface area contributed by atoms with Crippen LogP contribution in [0.2, 0.25) is 0 Å². The number of nitrogens with zero attached hydrogens (tertiary/aromatic N) is 1. The van der Waals surface area contributed by atoms with E-state index in [9.17, 15) is 5.11 Å². The molecule has 0 saturated carbocycles. The van der Waals surface area contributed by atoms with Crippen LogP contribution in [0.25, 0.3) is 0 Å². The van der Waals surface area contributed by atoms with Gasteiger partial charge in [0.1, 0.15) is 0 Å². The summed E-state index contributed by atoms with van der Waals surface area (Å²) >= 11 is 0. The highest BCUT2D eigenvalue weighted by Crippen LogP contribution is 2.39. The molecule has 2 aromatic carbocycles. The predicted octanol–water partition coefficient (Wildman–Crippen LogP) is 2.76. The Morgan fingerprint density at radius 1 is 1.24 bits per heavy atom. The molecule has 0 saturated heterocycles. The van der Waals surface area contributed by atoms with E-state index in [0.717, 1.165) is 30.8 Å². The lowest BCUT2D eigenvalue weighted by Crippen LogP contribution is -2.34. The molecule has 2 aliphatic heterocycles. The fourth-order valence-electron chi connectivity index (χ4n) is 3.40. The molecule has 108 valence electrons. The van der Waals surface area contributed by atoms with Crippen LogP contribution in [-0.4, -0.2) is 24.8 Å². The van der Waals surface area contributed by atoms with Gasteiger partial charge in [0.2, 0.25) is 0 Å². The largest absolute Gasteiger partial charge is 0.504 e. The van der Waals surface area contributed by atoms with Crippen molar-refractivity contribution in [2.75, 3.05) is 23.9 Å². The molecule has 2 heterocycles. The molecule has 2 N–H and O–H groups in total. The third-order valence-corrected chi connectivity index (χ3v) is 4.47. The van der Waals surface area contributed by atoms with Gasteiger partial charge in [-0.2, -0.15) is 0 Å². The molecular formula is C17H18N2O2. The lowest BCUT2D eigenvalue weighted by molar-refractivity contribution is 0.373. The van der Waals surface area contributed by atoms with Crippen LogP contribution in [0.5, 0.6) is 11.5 Å². The molecule has 4 rings (SSSR count). The van der Waals surface area contributed by atoms with Gasteiger partial charge in [0, 0.05) is 30.5 Å². The first-order chi connectivity index (χ1) is 10.3. The molecule has 2 aliphatic rings. The van der Waals surface area contributed by atoms with Gasteiger partial charge in [0.25, 0.3) is 0 Å². The van der Waals surface area contributed by atoms with Gasteiger partial charge < -0.3 is 20.1 Å². The van der Waals surface area contributed by atoms with Gasteiger partial charge in [-0.15, -0.1) is 0 Å². The van der Waals surface area contributed by atoms with E-state index in [1.165, 1.54) is 11.3 Å². The van der Waals surface area contributed by atoms with Crippen molar-refractivity contribution in [1.82, 2.24) is 0 Å². The summed E-state index contributed by atoms with van der Waals surface area (Å²) < 4.78 is 5.24. The second-order valence-corrected chi connectivity index (χ2v) is 5.68. The number of fused-ring (bicyclic) bond motifs is 4. The maximum absolute atomic E-state index is 9.94. The molecule has 4 heteroatoms. The summed E-state index contributed by atoms with van der Waals surface area (Å²) in [5.74, 6) is 0.715. The number of nitrogens with one attached hydrogen (secondary N) is 1. The minimum Gasteiger partial charge on any atom is -0.504 e. The summed E-state index contributed by atoms with van der Waals surface area (Å²) in [5.41, 5.74) is 4.90. The zero-order valence-corrected chi connectivity index (χ0v) is 12.0. The number of phenols is 1. The second-order valence-electron chi connectivity index (χ2n) is 5.68. The number of methoxy groups -OCH3 is 1. The quantitative estimate of drug-likeness (QED) is 0.844. The Kier molecular flexibility index (Phi) is 2.70. The molecule has 0 aliphatic carbocycles. The lowest BCUT2D eigenvalue weighted by Gasteiger charge is -2.24. The lowest BCUT2D eigenvalue weighted by atomic mass is 10.1. The number of phenolic OH excluding ortho intramolecular Hbond substituents is 1. The van der Waals surface area contributed by atoms with Gasteiger partial charge in [-0.1, -0.05) is 18.2 Å². The maximum atomic E-state index is 9.94. The van der Waals surface area contributed by atoms with Crippen molar-refractivity contribution in [3.63, 3.8) is 0 Å². The normalized spacial score (nSPS) is 19.1. The topological polar surface area (TPSA) is 44.7 Å². The predicted molar refractivity (Wildman–Crippen MR) is 83.3 cm³/mol. The first-order valence-corrected chi connectivity index (χ1v) is 7.24. The fourth-order valence-corrected chi connectivity index (χ4v) is 3.40. The molecule has 1 unspecified atom stereocenters. The maximum Gasteiger partial charge on any atom is 0.160 e. The van der Waals surface area contributed by atoms with E-state index < -0.39 is 0 Å². The van der Waals surface area contributed by atoms with Crippen molar-refractivity contribution in [1.29, 1.82) is 0 Å². The highest BCUT2D eigenvalue weighted by molar-refractivity contribution is 5.66. The van der Waals surface area contributed by atoms with E-state index >= 15 is 0 Å².